The van der Waals surface area contributed by atoms with Crippen LogP contribution in [0.2, 0.25) is 0 Å². The van der Waals surface area contributed by atoms with Gasteiger partial charge in [0.2, 0.25) is 0 Å². The number of benzene rings is 2. The van der Waals surface area contributed by atoms with Gasteiger partial charge in [0, 0.05) is 51.3 Å². The molecule has 0 saturated carbocycles. The molecule has 5 nitrogen and oxygen atoms in total. The summed E-state index contributed by atoms with van der Waals surface area (Å²) in [7, 11) is 0. The van der Waals surface area contributed by atoms with Crippen LogP contribution in [0, 0.1) is 0 Å². The van der Waals surface area contributed by atoms with Gasteiger partial charge in [0.05, 0.1) is 0 Å². The second-order valence-electron chi connectivity index (χ2n) is 9.49. The number of carbonyl (C=O) groups excluding carboxylic acids is 2. The highest BCUT2D eigenvalue weighted by molar-refractivity contribution is 6.26. The number of hydrogen-bond acceptors (Lipinski definition) is 4. The van der Waals surface area contributed by atoms with Crippen LogP contribution in [0.5, 0.6) is 0 Å². The molecule has 0 spiro atoms. The average Bonchev–Trinajstić information content (AvgIpc) is 2.62. The third-order valence-electron chi connectivity index (χ3n) is 5.91. The lowest BCUT2D eigenvalue weighted by Crippen LogP contribution is -2.63. The van der Waals surface area contributed by atoms with Crippen molar-refractivity contribution in [1.29, 1.82) is 0 Å². The SMILES string of the molecule is C=CCNc1ccc2c3c(cccc13)C(=O)N(C1CC(C)(C)NC(C)(C)C1)C2=O. The van der Waals surface area contributed by atoms with Crippen molar-refractivity contribution >= 4 is 28.3 Å². The predicted molar refractivity (Wildman–Crippen MR) is 117 cm³/mol. The second kappa shape index (κ2) is 6.70. The molecule has 0 aliphatic carbocycles. The minimum absolute atomic E-state index is 0.136. The van der Waals surface area contributed by atoms with Crippen LogP contribution in [0.25, 0.3) is 10.8 Å². The van der Waals surface area contributed by atoms with Crippen LogP contribution in [-0.2, 0) is 0 Å². The summed E-state index contributed by atoms with van der Waals surface area (Å²) < 4.78 is 0. The third-order valence-corrected chi connectivity index (χ3v) is 5.91. The summed E-state index contributed by atoms with van der Waals surface area (Å²) >= 11 is 0. The molecule has 0 atom stereocenters. The Morgan fingerprint density at radius 1 is 1.07 bits per heavy atom. The number of hydrogen-bond donors (Lipinski definition) is 2. The van der Waals surface area contributed by atoms with Gasteiger partial charge in [-0.3, -0.25) is 14.5 Å². The number of nitrogens with one attached hydrogen (secondary N) is 2. The highest BCUT2D eigenvalue weighted by atomic mass is 16.2. The van der Waals surface area contributed by atoms with Crippen molar-refractivity contribution in [3.8, 4) is 0 Å². The van der Waals surface area contributed by atoms with E-state index in [0.29, 0.717) is 17.7 Å². The molecule has 5 heteroatoms. The van der Waals surface area contributed by atoms with Gasteiger partial charge in [-0.05, 0) is 58.7 Å². The molecule has 152 valence electrons. The summed E-state index contributed by atoms with van der Waals surface area (Å²) in [6.45, 7) is 12.9. The van der Waals surface area contributed by atoms with Gasteiger partial charge in [-0.25, -0.2) is 0 Å². The molecule has 2 heterocycles. The van der Waals surface area contributed by atoms with Crippen LogP contribution in [0.15, 0.2) is 43.0 Å². The first-order valence-electron chi connectivity index (χ1n) is 10.2. The van der Waals surface area contributed by atoms with E-state index in [1.165, 1.54) is 4.90 Å². The first-order chi connectivity index (χ1) is 13.6. The largest absolute Gasteiger partial charge is 0.381 e. The molecule has 2 aliphatic heterocycles. The summed E-state index contributed by atoms with van der Waals surface area (Å²) in [5.74, 6) is -0.375. The van der Waals surface area contributed by atoms with Gasteiger partial charge in [0.25, 0.3) is 11.8 Å². The van der Waals surface area contributed by atoms with E-state index in [9.17, 15) is 9.59 Å². The van der Waals surface area contributed by atoms with Crippen LogP contribution in [0.1, 0.15) is 61.3 Å². The van der Waals surface area contributed by atoms with Crippen molar-refractivity contribution in [3.05, 3.63) is 54.1 Å². The predicted octanol–water partition coefficient (Wildman–Crippen LogP) is 4.34. The fourth-order valence-corrected chi connectivity index (χ4v) is 5.23. The molecule has 2 aromatic carbocycles. The van der Waals surface area contributed by atoms with Gasteiger partial charge in [-0.2, -0.15) is 0 Å². The Labute approximate surface area is 172 Å². The van der Waals surface area contributed by atoms with E-state index < -0.39 is 0 Å². The monoisotopic (exact) mass is 391 g/mol. The molecular weight excluding hydrogens is 362 g/mol. The van der Waals surface area contributed by atoms with Crippen molar-refractivity contribution in [3.63, 3.8) is 0 Å². The van der Waals surface area contributed by atoms with E-state index in [1.54, 1.807) is 6.08 Å². The van der Waals surface area contributed by atoms with E-state index >= 15 is 0 Å². The lowest BCUT2D eigenvalue weighted by molar-refractivity contribution is 0.0370. The van der Waals surface area contributed by atoms with Crippen molar-refractivity contribution in [1.82, 2.24) is 10.2 Å². The van der Waals surface area contributed by atoms with E-state index in [2.05, 4.69) is 44.9 Å². The smallest absolute Gasteiger partial charge is 0.261 e. The summed E-state index contributed by atoms with van der Waals surface area (Å²) in [5, 5.41) is 8.58. The zero-order valence-electron chi connectivity index (χ0n) is 17.6. The number of piperidine rings is 1. The molecule has 4 rings (SSSR count). The molecule has 0 radical (unpaired) electrons. The summed E-state index contributed by atoms with van der Waals surface area (Å²) in [6, 6.07) is 9.32. The lowest BCUT2D eigenvalue weighted by atomic mass is 9.78. The van der Waals surface area contributed by atoms with Gasteiger partial charge in [0.15, 0.2) is 0 Å². The van der Waals surface area contributed by atoms with Crippen molar-refractivity contribution < 1.29 is 9.59 Å². The highest BCUT2D eigenvalue weighted by Crippen LogP contribution is 2.38. The molecule has 0 aromatic heterocycles. The lowest BCUT2D eigenvalue weighted by Gasteiger charge is -2.49. The van der Waals surface area contributed by atoms with Gasteiger partial charge >= 0.3 is 0 Å². The number of amides is 2. The Balaban J connectivity index is 1.81. The zero-order chi connectivity index (χ0) is 21.0. The minimum Gasteiger partial charge on any atom is -0.381 e. The van der Waals surface area contributed by atoms with Gasteiger partial charge in [-0.1, -0.05) is 18.2 Å². The van der Waals surface area contributed by atoms with Crippen LogP contribution >= 0.6 is 0 Å². The fourth-order valence-electron chi connectivity index (χ4n) is 5.23. The Morgan fingerprint density at radius 2 is 1.69 bits per heavy atom. The van der Waals surface area contributed by atoms with Crippen molar-refractivity contribution in [2.45, 2.75) is 57.7 Å². The maximum atomic E-state index is 13.5. The molecule has 2 N–H and O–H groups in total. The minimum atomic E-state index is -0.188. The molecule has 2 aromatic rings. The number of nitrogens with zero attached hydrogens (tertiary/aromatic N) is 1. The first-order valence-corrected chi connectivity index (χ1v) is 10.2. The summed E-state index contributed by atoms with van der Waals surface area (Å²) in [4.78, 5) is 28.5. The van der Waals surface area contributed by atoms with Gasteiger partial charge in [0.1, 0.15) is 0 Å². The van der Waals surface area contributed by atoms with Crippen LogP contribution < -0.4 is 10.6 Å². The first kappa shape index (κ1) is 19.6. The van der Waals surface area contributed by atoms with Gasteiger partial charge < -0.3 is 10.6 Å². The topological polar surface area (TPSA) is 61.4 Å². The normalized spacial score (nSPS) is 20.8. The van der Waals surface area contributed by atoms with Crippen LogP contribution in [-0.4, -0.2) is 40.4 Å². The molecule has 2 aliphatic rings. The number of rotatable bonds is 4. The molecule has 1 fully saturated rings. The summed E-state index contributed by atoms with van der Waals surface area (Å²) in [5.41, 5.74) is 1.81. The number of imide groups is 1. The average molecular weight is 392 g/mol. The van der Waals surface area contributed by atoms with E-state index in [1.807, 2.05) is 30.3 Å². The highest BCUT2D eigenvalue weighted by Gasteiger charge is 2.45. The zero-order valence-corrected chi connectivity index (χ0v) is 17.6. The molecule has 29 heavy (non-hydrogen) atoms. The molecule has 0 unspecified atom stereocenters. The van der Waals surface area contributed by atoms with E-state index in [-0.39, 0.29) is 28.9 Å². The van der Waals surface area contributed by atoms with Crippen LogP contribution in [0.3, 0.4) is 0 Å². The number of carbonyl (C=O) groups is 2. The van der Waals surface area contributed by atoms with E-state index in [0.717, 1.165) is 29.3 Å². The molecule has 2 amide bonds. The Morgan fingerprint density at radius 3 is 2.31 bits per heavy atom. The Hall–Kier alpha value is -2.66. The fraction of sp³-hybridized carbons (Fsp3) is 0.417. The third kappa shape index (κ3) is 3.33. The number of anilines is 1. The summed E-state index contributed by atoms with van der Waals surface area (Å²) in [6.07, 6.45) is 3.25. The molecule has 0 bridgehead atoms. The maximum Gasteiger partial charge on any atom is 0.261 e. The Bertz CT molecular complexity index is 984. The van der Waals surface area contributed by atoms with Crippen LogP contribution in [0.4, 0.5) is 5.69 Å². The van der Waals surface area contributed by atoms with E-state index in [4.69, 9.17) is 0 Å². The quantitative estimate of drug-likeness (QED) is 0.601. The molecule has 1 saturated heterocycles. The van der Waals surface area contributed by atoms with Crippen molar-refractivity contribution in [2.24, 2.45) is 0 Å². The second-order valence-corrected chi connectivity index (χ2v) is 9.49. The van der Waals surface area contributed by atoms with Crippen molar-refractivity contribution in [2.75, 3.05) is 11.9 Å². The Kier molecular flexibility index (Phi) is 4.54. The standard InChI is InChI=1S/C24H29N3O2/c1-6-12-25-19-11-10-18-20-16(19)8-7-9-17(20)21(28)27(22(18)29)15-13-23(2,3)26-24(4,5)14-15/h6-11,15,25-26H,1,12-14H2,2-5H3. The van der Waals surface area contributed by atoms with Gasteiger partial charge in [-0.15, -0.1) is 6.58 Å². The molecular formula is C24H29N3O2. The maximum absolute atomic E-state index is 13.5.